The van der Waals surface area contributed by atoms with Crippen molar-refractivity contribution in [2.24, 2.45) is 0 Å². The third kappa shape index (κ3) is 4.36. The maximum absolute atomic E-state index is 12.6. The number of nitrogens with zero attached hydrogens (tertiary/aromatic N) is 2. The first-order chi connectivity index (χ1) is 12.6. The second kappa shape index (κ2) is 8.54. The molecule has 6 heteroatoms. The van der Waals surface area contributed by atoms with Crippen LogP contribution in [0, 0.1) is 20.8 Å². The van der Waals surface area contributed by atoms with Gasteiger partial charge in [-0.3, -0.25) is 9.36 Å². The maximum Gasteiger partial charge on any atom is 0.253 e. The van der Waals surface area contributed by atoms with Gasteiger partial charge >= 0.3 is 0 Å². The topological polar surface area (TPSA) is 72.1 Å². The number of nitrogens with one attached hydrogen (secondary N) is 2. The van der Waals surface area contributed by atoms with E-state index < -0.39 is 0 Å². The van der Waals surface area contributed by atoms with Crippen molar-refractivity contribution >= 4 is 5.91 Å². The molecular weight excluding hydrogens is 328 g/mol. The van der Waals surface area contributed by atoms with E-state index in [0.717, 1.165) is 23.7 Å². The summed E-state index contributed by atoms with van der Waals surface area (Å²) in [7, 11) is 0. The highest BCUT2D eigenvalue weighted by Gasteiger charge is 2.18. The largest absolute Gasteiger partial charge is 0.360 e. The van der Waals surface area contributed by atoms with Gasteiger partial charge in [0.05, 0.1) is 5.56 Å². The maximum atomic E-state index is 12.6. The van der Waals surface area contributed by atoms with E-state index >= 15 is 0 Å². The summed E-state index contributed by atoms with van der Waals surface area (Å²) in [4.78, 5) is 12.6. The van der Waals surface area contributed by atoms with Gasteiger partial charge in [0.25, 0.3) is 5.91 Å². The monoisotopic (exact) mass is 358 g/mol. The molecule has 3 rings (SSSR count). The molecule has 1 fully saturated rings. The Hall–Kier alpha value is -2.08. The third-order valence-electron chi connectivity index (χ3n) is 5.22. The standard InChI is InChI=1S/C20H30N4O2/c1-14-12-18(16(3)24(14)19-13-15(2)26-23-19)20(25)22-11-10-21-17-8-6-4-5-7-9-17/h12-13,17,21H,4-11H2,1-3H3,(H,22,25). The van der Waals surface area contributed by atoms with Crippen LogP contribution in [-0.2, 0) is 0 Å². The van der Waals surface area contributed by atoms with E-state index in [1.807, 2.05) is 37.5 Å². The molecule has 6 nitrogen and oxygen atoms in total. The Morgan fingerprint density at radius 2 is 1.88 bits per heavy atom. The molecule has 1 saturated carbocycles. The number of aromatic nitrogens is 2. The van der Waals surface area contributed by atoms with Crippen LogP contribution in [0.15, 0.2) is 16.7 Å². The van der Waals surface area contributed by atoms with Crippen molar-refractivity contribution in [3.8, 4) is 5.82 Å². The van der Waals surface area contributed by atoms with E-state index in [0.29, 0.717) is 24.0 Å². The Morgan fingerprint density at radius 3 is 2.54 bits per heavy atom. The summed E-state index contributed by atoms with van der Waals surface area (Å²) < 4.78 is 7.12. The molecule has 0 aromatic carbocycles. The fraction of sp³-hybridized carbons (Fsp3) is 0.600. The summed E-state index contributed by atoms with van der Waals surface area (Å²) >= 11 is 0. The number of carbonyl (C=O) groups is 1. The van der Waals surface area contributed by atoms with Crippen LogP contribution in [0.1, 0.15) is 66.0 Å². The fourth-order valence-electron chi connectivity index (χ4n) is 3.83. The van der Waals surface area contributed by atoms with Crippen molar-refractivity contribution in [2.45, 2.75) is 65.3 Å². The van der Waals surface area contributed by atoms with Crippen molar-refractivity contribution in [3.05, 3.63) is 34.8 Å². The molecule has 1 amide bonds. The van der Waals surface area contributed by atoms with Gasteiger partial charge in [-0.1, -0.05) is 30.8 Å². The summed E-state index contributed by atoms with van der Waals surface area (Å²) in [6.07, 6.45) is 7.86. The average molecular weight is 358 g/mol. The fourth-order valence-corrected chi connectivity index (χ4v) is 3.83. The molecule has 0 radical (unpaired) electrons. The van der Waals surface area contributed by atoms with E-state index in [1.165, 1.54) is 38.5 Å². The van der Waals surface area contributed by atoms with Gasteiger partial charge in [-0.05, 0) is 39.7 Å². The van der Waals surface area contributed by atoms with Crippen LogP contribution in [0.5, 0.6) is 0 Å². The normalized spacial score (nSPS) is 15.8. The van der Waals surface area contributed by atoms with Gasteiger partial charge in [-0.15, -0.1) is 0 Å². The zero-order valence-electron chi connectivity index (χ0n) is 16.1. The van der Waals surface area contributed by atoms with E-state index in [2.05, 4.69) is 15.8 Å². The second-order valence-corrected chi connectivity index (χ2v) is 7.31. The zero-order valence-corrected chi connectivity index (χ0v) is 16.1. The Morgan fingerprint density at radius 1 is 1.15 bits per heavy atom. The first-order valence-electron chi connectivity index (χ1n) is 9.70. The minimum atomic E-state index is -0.0350. The molecule has 0 spiro atoms. The van der Waals surface area contributed by atoms with Gasteiger partial charge < -0.3 is 15.2 Å². The number of hydrogen-bond donors (Lipinski definition) is 2. The summed E-state index contributed by atoms with van der Waals surface area (Å²) in [5.74, 6) is 1.43. The molecule has 2 heterocycles. The molecule has 0 saturated heterocycles. The predicted octanol–water partition coefficient (Wildman–Crippen LogP) is 3.43. The number of rotatable bonds is 6. The highest BCUT2D eigenvalue weighted by atomic mass is 16.5. The molecule has 26 heavy (non-hydrogen) atoms. The van der Waals surface area contributed by atoms with Crippen molar-refractivity contribution in [1.82, 2.24) is 20.4 Å². The number of aryl methyl sites for hydroxylation is 2. The van der Waals surface area contributed by atoms with Crippen LogP contribution < -0.4 is 10.6 Å². The lowest BCUT2D eigenvalue weighted by Crippen LogP contribution is -2.37. The summed E-state index contributed by atoms with van der Waals surface area (Å²) in [5.41, 5.74) is 2.54. The molecule has 0 aliphatic heterocycles. The molecular formula is C20H30N4O2. The minimum Gasteiger partial charge on any atom is -0.360 e. The Labute approximate surface area is 155 Å². The van der Waals surface area contributed by atoms with Crippen molar-refractivity contribution in [3.63, 3.8) is 0 Å². The van der Waals surface area contributed by atoms with Crippen LogP contribution in [-0.4, -0.2) is 34.8 Å². The van der Waals surface area contributed by atoms with Crippen LogP contribution in [0.25, 0.3) is 5.82 Å². The molecule has 1 aliphatic carbocycles. The molecule has 0 unspecified atom stereocenters. The first-order valence-corrected chi connectivity index (χ1v) is 9.70. The molecule has 2 aromatic rings. The number of hydrogen-bond acceptors (Lipinski definition) is 4. The summed E-state index contributed by atoms with van der Waals surface area (Å²) in [6, 6.07) is 4.39. The van der Waals surface area contributed by atoms with Crippen LogP contribution in [0.4, 0.5) is 0 Å². The molecule has 0 atom stereocenters. The molecule has 142 valence electrons. The molecule has 2 aromatic heterocycles. The van der Waals surface area contributed by atoms with Crippen molar-refractivity contribution in [2.75, 3.05) is 13.1 Å². The Kier molecular flexibility index (Phi) is 6.14. The minimum absolute atomic E-state index is 0.0350. The summed E-state index contributed by atoms with van der Waals surface area (Å²) in [6.45, 7) is 7.23. The third-order valence-corrected chi connectivity index (χ3v) is 5.22. The smallest absolute Gasteiger partial charge is 0.253 e. The average Bonchev–Trinajstić information content (AvgIpc) is 3.03. The lowest BCUT2D eigenvalue weighted by Gasteiger charge is -2.16. The molecule has 2 N–H and O–H groups in total. The second-order valence-electron chi connectivity index (χ2n) is 7.31. The van der Waals surface area contributed by atoms with Gasteiger partial charge in [0.1, 0.15) is 5.76 Å². The molecule has 0 bridgehead atoms. The highest BCUT2D eigenvalue weighted by Crippen LogP contribution is 2.20. The predicted molar refractivity (Wildman–Crippen MR) is 102 cm³/mol. The van der Waals surface area contributed by atoms with Gasteiger partial charge in [0.2, 0.25) is 0 Å². The van der Waals surface area contributed by atoms with E-state index in [9.17, 15) is 4.79 Å². The summed E-state index contributed by atoms with van der Waals surface area (Å²) in [5, 5.41) is 10.7. The van der Waals surface area contributed by atoms with Crippen molar-refractivity contribution in [1.29, 1.82) is 0 Å². The molecule has 1 aliphatic rings. The van der Waals surface area contributed by atoms with Gasteiger partial charge in [0, 0.05) is 36.6 Å². The number of carbonyl (C=O) groups excluding carboxylic acids is 1. The number of amides is 1. The van der Waals surface area contributed by atoms with Gasteiger partial charge in [0.15, 0.2) is 5.82 Å². The first kappa shape index (κ1) is 18.7. The van der Waals surface area contributed by atoms with Crippen LogP contribution in [0.3, 0.4) is 0 Å². The van der Waals surface area contributed by atoms with Crippen LogP contribution in [0.2, 0.25) is 0 Å². The lowest BCUT2D eigenvalue weighted by molar-refractivity contribution is 0.0953. The zero-order chi connectivity index (χ0) is 18.5. The Bertz CT molecular complexity index is 739. The highest BCUT2D eigenvalue weighted by molar-refractivity contribution is 5.95. The van der Waals surface area contributed by atoms with Crippen molar-refractivity contribution < 1.29 is 9.32 Å². The SMILES string of the molecule is Cc1cc(-n2c(C)cc(C(=O)NCCNC3CCCCCC3)c2C)no1. The Balaban J connectivity index is 1.55. The van der Waals surface area contributed by atoms with Crippen LogP contribution >= 0.6 is 0 Å². The van der Waals surface area contributed by atoms with Gasteiger partial charge in [-0.2, -0.15) is 0 Å². The van der Waals surface area contributed by atoms with E-state index in [-0.39, 0.29) is 5.91 Å². The lowest BCUT2D eigenvalue weighted by atomic mass is 10.1. The quantitative estimate of drug-likeness (QED) is 0.613. The van der Waals surface area contributed by atoms with E-state index in [4.69, 9.17) is 4.52 Å². The van der Waals surface area contributed by atoms with Gasteiger partial charge in [-0.25, -0.2) is 0 Å². The van der Waals surface area contributed by atoms with E-state index in [1.54, 1.807) is 0 Å².